The van der Waals surface area contributed by atoms with Crippen LogP contribution in [0.1, 0.15) is 5.56 Å². The van der Waals surface area contributed by atoms with Gasteiger partial charge in [0, 0.05) is 28.0 Å². The minimum atomic E-state index is 0.946. The minimum Gasteiger partial charge on any atom is -0.354 e. The van der Waals surface area contributed by atoms with E-state index in [4.69, 9.17) is 0 Å². The average Bonchev–Trinajstić information content (AvgIpc) is 2.97. The van der Waals surface area contributed by atoms with E-state index in [1.807, 2.05) is 42.6 Å². The van der Waals surface area contributed by atoms with E-state index in [0.717, 1.165) is 16.7 Å². The number of H-pyrrole nitrogens is 1. The third-order valence-electron chi connectivity index (χ3n) is 3.89. The third-order valence-corrected chi connectivity index (χ3v) is 3.89. The summed E-state index contributed by atoms with van der Waals surface area (Å²) in [6.45, 7) is 0. The van der Waals surface area contributed by atoms with Crippen molar-refractivity contribution in [3.8, 4) is 0 Å². The van der Waals surface area contributed by atoms with Crippen molar-refractivity contribution >= 4 is 39.8 Å². The van der Waals surface area contributed by atoms with Gasteiger partial charge in [0.15, 0.2) is 0 Å². The molecule has 0 amide bonds. The van der Waals surface area contributed by atoms with E-state index in [2.05, 4.69) is 58.5 Å². The number of nitrogens with zero attached hydrogens (tertiary/aromatic N) is 1. The monoisotopic (exact) mass is 296 g/mol. The van der Waals surface area contributed by atoms with E-state index in [1.165, 1.54) is 16.3 Å². The molecule has 2 nitrogen and oxygen atoms in total. The average molecular weight is 296 g/mol. The van der Waals surface area contributed by atoms with Crippen LogP contribution in [0.4, 0.5) is 5.69 Å². The van der Waals surface area contributed by atoms with Crippen LogP contribution in [0, 0.1) is 0 Å². The second-order valence-electron chi connectivity index (χ2n) is 5.45. The molecule has 0 unspecified atom stereocenters. The predicted molar refractivity (Wildman–Crippen MR) is 99.4 cm³/mol. The lowest BCUT2D eigenvalue weighted by Crippen LogP contribution is -1.71. The summed E-state index contributed by atoms with van der Waals surface area (Å²) in [4.78, 5) is 7.95. The summed E-state index contributed by atoms with van der Waals surface area (Å²) >= 11 is 0. The van der Waals surface area contributed by atoms with Gasteiger partial charge in [0.05, 0.1) is 5.69 Å². The van der Waals surface area contributed by atoms with Crippen molar-refractivity contribution in [3.05, 3.63) is 84.4 Å². The lowest BCUT2D eigenvalue weighted by atomic mass is 10.1. The fourth-order valence-corrected chi connectivity index (χ4v) is 2.77. The molecule has 0 saturated heterocycles. The molecular formula is C21H16N2. The molecule has 0 spiro atoms. The lowest BCUT2D eigenvalue weighted by molar-refractivity contribution is 1.51. The topological polar surface area (TPSA) is 28.1 Å². The molecule has 0 aliphatic heterocycles. The zero-order chi connectivity index (χ0) is 15.5. The van der Waals surface area contributed by atoms with Crippen LogP contribution >= 0.6 is 0 Å². The Morgan fingerprint density at radius 2 is 1.52 bits per heavy atom. The smallest absolute Gasteiger partial charge is 0.0650 e. The molecule has 0 saturated carbocycles. The van der Waals surface area contributed by atoms with Crippen molar-refractivity contribution in [2.24, 2.45) is 4.99 Å². The molecule has 110 valence electrons. The first-order valence-electron chi connectivity index (χ1n) is 7.66. The SMILES string of the molecule is C(=Cc1ccccc1)C=Nc1ccc2c(c1)[nH]c1ccccc12. The van der Waals surface area contributed by atoms with Crippen molar-refractivity contribution in [2.45, 2.75) is 0 Å². The molecule has 0 radical (unpaired) electrons. The van der Waals surface area contributed by atoms with Gasteiger partial charge in [0.25, 0.3) is 0 Å². The van der Waals surface area contributed by atoms with Gasteiger partial charge in [-0.25, -0.2) is 0 Å². The standard InChI is InChI=1S/C21H16N2/c1-2-7-16(8-3-1)9-6-14-22-17-12-13-19-18-10-4-5-11-20(18)23-21(19)15-17/h1-15,23H. The zero-order valence-corrected chi connectivity index (χ0v) is 12.6. The molecule has 0 aliphatic rings. The van der Waals surface area contributed by atoms with Crippen molar-refractivity contribution in [1.82, 2.24) is 4.98 Å². The molecular weight excluding hydrogens is 280 g/mol. The van der Waals surface area contributed by atoms with E-state index in [9.17, 15) is 0 Å². The first kappa shape index (κ1) is 13.5. The molecule has 0 aliphatic carbocycles. The second-order valence-corrected chi connectivity index (χ2v) is 5.45. The number of aliphatic imine (C=N–C) groups is 1. The first-order chi connectivity index (χ1) is 11.4. The Kier molecular flexibility index (Phi) is 3.49. The maximum atomic E-state index is 4.51. The summed E-state index contributed by atoms with van der Waals surface area (Å²) in [7, 11) is 0. The summed E-state index contributed by atoms with van der Waals surface area (Å²) in [5, 5.41) is 2.49. The van der Waals surface area contributed by atoms with Crippen molar-refractivity contribution in [1.29, 1.82) is 0 Å². The molecule has 0 fully saturated rings. The fourth-order valence-electron chi connectivity index (χ4n) is 2.77. The number of rotatable bonds is 3. The number of nitrogens with one attached hydrogen (secondary N) is 1. The maximum absolute atomic E-state index is 4.51. The Labute approximate surface area is 134 Å². The second kappa shape index (κ2) is 5.93. The van der Waals surface area contributed by atoms with E-state index >= 15 is 0 Å². The van der Waals surface area contributed by atoms with Gasteiger partial charge in [-0.1, -0.05) is 60.7 Å². The Morgan fingerprint density at radius 1 is 0.739 bits per heavy atom. The molecule has 23 heavy (non-hydrogen) atoms. The number of aromatic amines is 1. The minimum absolute atomic E-state index is 0.946. The van der Waals surface area contributed by atoms with Gasteiger partial charge in [-0.15, -0.1) is 0 Å². The highest BCUT2D eigenvalue weighted by Gasteiger charge is 2.03. The summed E-state index contributed by atoms with van der Waals surface area (Å²) in [6, 6.07) is 24.8. The molecule has 1 aromatic heterocycles. The lowest BCUT2D eigenvalue weighted by Gasteiger charge is -1.94. The number of hydrogen-bond acceptors (Lipinski definition) is 1. The number of benzene rings is 3. The number of fused-ring (bicyclic) bond motifs is 3. The predicted octanol–water partition coefficient (Wildman–Crippen LogP) is 5.74. The largest absolute Gasteiger partial charge is 0.354 e. The molecule has 0 bridgehead atoms. The quantitative estimate of drug-likeness (QED) is 0.467. The van der Waals surface area contributed by atoms with E-state index in [0.29, 0.717) is 0 Å². The van der Waals surface area contributed by atoms with Gasteiger partial charge < -0.3 is 4.98 Å². The normalized spacial score (nSPS) is 12.0. The number of para-hydroxylation sites is 1. The van der Waals surface area contributed by atoms with E-state index in [-0.39, 0.29) is 0 Å². The fraction of sp³-hybridized carbons (Fsp3) is 0. The highest BCUT2D eigenvalue weighted by molar-refractivity contribution is 6.07. The van der Waals surface area contributed by atoms with Gasteiger partial charge in [-0.3, -0.25) is 4.99 Å². The van der Waals surface area contributed by atoms with Crippen molar-refractivity contribution < 1.29 is 0 Å². The highest BCUT2D eigenvalue weighted by atomic mass is 14.7. The summed E-state index contributed by atoms with van der Waals surface area (Å²) in [6.07, 6.45) is 5.84. The molecule has 2 heteroatoms. The summed E-state index contributed by atoms with van der Waals surface area (Å²) < 4.78 is 0. The third kappa shape index (κ3) is 2.79. The number of hydrogen-bond donors (Lipinski definition) is 1. The Bertz CT molecular complexity index is 1010. The van der Waals surface area contributed by atoms with Crippen molar-refractivity contribution in [2.75, 3.05) is 0 Å². The van der Waals surface area contributed by atoms with Crippen LogP contribution < -0.4 is 0 Å². The summed E-state index contributed by atoms with van der Waals surface area (Å²) in [5.74, 6) is 0. The van der Waals surface area contributed by atoms with Crippen LogP contribution in [0.2, 0.25) is 0 Å². The molecule has 3 aromatic carbocycles. The van der Waals surface area contributed by atoms with Gasteiger partial charge >= 0.3 is 0 Å². The van der Waals surface area contributed by atoms with Crippen LogP contribution in [0.15, 0.2) is 83.9 Å². The van der Waals surface area contributed by atoms with Crippen LogP contribution in [-0.4, -0.2) is 11.2 Å². The van der Waals surface area contributed by atoms with Gasteiger partial charge in [-0.05, 0) is 29.8 Å². The Morgan fingerprint density at radius 3 is 2.43 bits per heavy atom. The number of allylic oxidation sites excluding steroid dienone is 1. The van der Waals surface area contributed by atoms with Crippen LogP contribution in [-0.2, 0) is 0 Å². The molecule has 0 atom stereocenters. The molecule has 4 aromatic rings. The Hall–Kier alpha value is -3.13. The molecule has 4 rings (SSSR count). The van der Waals surface area contributed by atoms with E-state index < -0.39 is 0 Å². The highest BCUT2D eigenvalue weighted by Crippen LogP contribution is 2.28. The van der Waals surface area contributed by atoms with Gasteiger partial charge in [0.2, 0.25) is 0 Å². The van der Waals surface area contributed by atoms with Gasteiger partial charge in [-0.2, -0.15) is 0 Å². The summed E-state index contributed by atoms with van der Waals surface area (Å²) in [5.41, 5.74) is 4.40. The molecule has 1 N–H and O–H groups in total. The van der Waals surface area contributed by atoms with Crippen LogP contribution in [0.3, 0.4) is 0 Å². The Balaban J connectivity index is 1.61. The number of aromatic nitrogens is 1. The van der Waals surface area contributed by atoms with Crippen LogP contribution in [0.25, 0.3) is 27.9 Å². The first-order valence-corrected chi connectivity index (χ1v) is 7.66. The van der Waals surface area contributed by atoms with E-state index in [1.54, 1.807) is 0 Å². The molecule has 1 heterocycles. The maximum Gasteiger partial charge on any atom is 0.0650 e. The van der Waals surface area contributed by atoms with Gasteiger partial charge in [0.1, 0.15) is 0 Å². The zero-order valence-electron chi connectivity index (χ0n) is 12.6. The van der Waals surface area contributed by atoms with Crippen molar-refractivity contribution in [3.63, 3.8) is 0 Å². The van der Waals surface area contributed by atoms with Crippen LogP contribution in [0.5, 0.6) is 0 Å².